The van der Waals surface area contributed by atoms with Crippen molar-refractivity contribution in [3.05, 3.63) is 65.7 Å². The molecule has 0 aromatic heterocycles. The molecule has 2 fully saturated rings. The Morgan fingerprint density at radius 1 is 0.931 bits per heavy atom. The molecule has 1 N–H and O–H groups in total. The molecule has 1 amide bonds. The number of piperidine rings is 1. The molecule has 0 saturated carbocycles. The second kappa shape index (κ2) is 9.31. The summed E-state index contributed by atoms with van der Waals surface area (Å²) in [6.45, 7) is 3.34. The number of nitrogens with one attached hydrogen (secondary N) is 1. The van der Waals surface area contributed by atoms with E-state index in [-0.39, 0.29) is 18.0 Å². The molecule has 2 aromatic rings. The van der Waals surface area contributed by atoms with E-state index in [9.17, 15) is 9.59 Å². The van der Waals surface area contributed by atoms with Crippen LogP contribution in [0.1, 0.15) is 28.8 Å². The molecule has 0 atom stereocenters. The van der Waals surface area contributed by atoms with Crippen LogP contribution in [0.4, 0.5) is 5.69 Å². The molecule has 2 heterocycles. The summed E-state index contributed by atoms with van der Waals surface area (Å²) in [5, 5.41) is 2.92. The third-order valence-electron chi connectivity index (χ3n) is 5.51. The zero-order valence-electron chi connectivity index (χ0n) is 16.4. The van der Waals surface area contributed by atoms with Crippen LogP contribution >= 0.6 is 0 Å². The molecule has 0 unspecified atom stereocenters. The Hall–Kier alpha value is -2.54. The van der Waals surface area contributed by atoms with Crippen molar-refractivity contribution in [1.29, 1.82) is 0 Å². The third-order valence-corrected chi connectivity index (χ3v) is 5.51. The van der Waals surface area contributed by atoms with Crippen molar-refractivity contribution in [2.24, 2.45) is 5.92 Å². The van der Waals surface area contributed by atoms with Crippen LogP contribution in [0.25, 0.3) is 0 Å². The number of nitrogens with zero attached hydrogens (tertiary/aromatic N) is 1. The molecule has 0 aliphatic carbocycles. The molecule has 152 valence electrons. The lowest BCUT2D eigenvalue weighted by atomic mass is 9.96. The number of carbonyl (C=O) groups excluding carboxylic acids is 2. The molecule has 6 nitrogen and oxygen atoms in total. The lowest BCUT2D eigenvalue weighted by molar-refractivity contribution is -0.119. The number of ketones is 1. The maximum Gasteiger partial charge on any atom is 0.238 e. The predicted molar refractivity (Wildman–Crippen MR) is 110 cm³/mol. The molecule has 0 bridgehead atoms. The van der Waals surface area contributed by atoms with Crippen molar-refractivity contribution >= 4 is 17.4 Å². The maximum atomic E-state index is 12.8. The van der Waals surface area contributed by atoms with Crippen molar-refractivity contribution in [2.45, 2.75) is 19.1 Å². The van der Waals surface area contributed by atoms with E-state index >= 15 is 0 Å². The highest BCUT2D eigenvalue weighted by Gasteiger charge is 2.30. The number of carbonyl (C=O) groups is 2. The van der Waals surface area contributed by atoms with E-state index in [1.54, 1.807) is 24.3 Å². The number of benzene rings is 2. The SMILES string of the molecule is O=C(CN1CCC(C2OCCO2)CC1)Nc1ccccc1C(=O)c1ccccc1. The number of hydrogen-bond acceptors (Lipinski definition) is 5. The van der Waals surface area contributed by atoms with Gasteiger partial charge in [0, 0.05) is 17.0 Å². The van der Waals surface area contributed by atoms with Gasteiger partial charge in [0.25, 0.3) is 0 Å². The van der Waals surface area contributed by atoms with E-state index in [1.807, 2.05) is 30.3 Å². The Bertz CT molecular complexity index is 841. The summed E-state index contributed by atoms with van der Waals surface area (Å²) in [6.07, 6.45) is 1.84. The fraction of sp³-hybridized carbons (Fsp3) is 0.391. The van der Waals surface area contributed by atoms with Crippen molar-refractivity contribution in [1.82, 2.24) is 4.90 Å². The van der Waals surface area contributed by atoms with Gasteiger partial charge in [-0.3, -0.25) is 14.5 Å². The third kappa shape index (κ3) is 4.90. The first kappa shape index (κ1) is 19.8. The molecular weight excluding hydrogens is 368 g/mol. The number of ether oxygens (including phenoxy) is 2. The van der Waals surface area contributed by atoms with Gasteiger partial charge in [0.15, 0.2) is 12.1 Å². The van der Waals surface area contributed by atoms with Gasteiger partial charge in [-0.05, 0) is 38.1 Å². The first-order chi connectivity index (χ1) is 14.2. The second-order valence-corrected chi connectivity index (χ2v) is 7.51. The van der Waals surface area contributed by atoms with Crippen molar-refractivity contribution in [3.63, 3.8) is 0 Å². The van der Waals surface area contributed by atoms with Gasteiger partial charge in [-0.1, -0.05) is 42.5 Å². The Kier molecular flexibility index (Phi) is 6.34. The van der Waals surface area contributed by atoms with Gasteiger partial charge in [0.1, 0.15) is 0 Å². The molecule has 2 saturated heterocycles. The second-order valence-electron chi connectivity index (χ2n) is 7.51. The van der Waals surface area contributed by atoms with Crippen molar-refractivity contribution in [3.8, 4) is 0 Å². The lowest BCUT2D eigenvalue weighted by Gasteiger charge is -2.33. The summed E-state index contributed by atoms with van der Waals surface area (Å²) in [6, 6.07) is 16.3. The summed E-state index contributed by atoms with van der Waals surface area (Å²) >= 11 is 0. The minimum Gasteiger partial charge on any atom is -0.350 e. The molecule has 0 radical (unpaired) electrons. The van der Waals surface area contributed by atoms with Crippen LogP contribution < -0.4 is 5.32 Å². The van der Waals surface area contributed by atoms with E-state index < -0.39 is 0 Å². The Morgan fingerprint density at radius 2 is 1.59 bits per heavy atom. The molecule has 4 rings (SSSR count). The largest absolute Gasteiger partial charge is 0.350 e. The normalized spacial score (nSPS) is 18.6. The Morgan fingerprint density at radius 3 is 2.31 bits per heavy atom. The van der Waals surface area contributed by atoms with E-state index in [4.69, 9.17) is 9.47 Å². The van der Waals surface area contributed by atoms with Crippen molar-refractivity contribution in [2.75, 3.05) is 38.2 Å². The number of anilines is 1. The van der Waals surface area contributed by atoms with Gasteiger partial charge in [-0.2, -0.15) is 0 Å². The smallest absolute Gasteiger partial charge is 0.238 e. The standard InChI is InChI=1S/C23H26N2O4/c26-21(16-25-12-10-18(11-13-25)23-28-14-15-29-23)24-20-9-5-4-8-19(20)22(27)17-6-2-1-3-7-17/h1-9,18,23H,10-16H2,(H,24,26). The maximum absolute atomic E-state index is 12.8. The molecular formula is C23H26N2O4. The molecule has 0 spiro atoms. The highest BCUT2D eigenvalue weighted by molar-refractivity contribution is 6.13. The number of para-hydroxylation sites is 1. The summed E-state index contributed by atoms with van der Waals surface area (Å²) in [7, 11) is 0. The van der Waals surface area contributed by atoms with Crippen LogP contribution in [0.3, 0.4) is 0 Å². The highest BCUT2D eigenvalue weighted by Crippen LogP contribution is 2.26. The summed E-state index contributed by atoms with van der Waals surface area (Å²) in [5.41, 5.74) is 1.66. The Labute approximate surface area is 170 Å². The molecule has 29 heavy (non-hydrogen) atoms. The van der Waals surface area contributed by atoms with Gasteiger partial charge in [-0.25, -0.2) is 0 Å². The molecule has 2 aliphatic heterocycles. The topological polar surface area (TPSA) is 67.9 Å². The number of likely N-dealkylation sites (tertiary alicyclic amines) is 1. The molecule has 2 aliphatic rings. The monoisotopic (exact) mass is 394 g/mol. The zero-order valence-corrected chi connectivity index (χ0v) is 16.4. The highest BCUT2D eigenvalue weighted by atomic mass is 16.7. The van der Waals surface area contributed by atoms with Gasteiger partial charge in [0.05, 0.1) is 25.4 Å². The van der Waals surface area contributed by atoms with Crippen LogP contribution in [-0.2, 0) is 14.3 Å². The van der Waals surface area contributed by atoms with E-state index in [0.717, 1.165) is 25.9 Å². The van der Waals surface area contributed by atoms with E-state index in [0.29, 0.717) is 42.5 Å². The zero-order chi connectivity index (χ0) is 20.1. The fourth-order valence-electron chi connectivity index (χ4n) is 3.96. The van der Waals surface area contributed by atoms with Crippen LogP contribution in [0.2, 0.25) is 0 Å². The van der Waals surface area contributed by atoms with Crippen LogP contribution in [0.5, 0.6) is 0 Å². The first-order valence-electron chi connectivity index (χ1n) is 10.1. The van der Waals surface area contributed by atoms with Crippen molar-refractivity contribution < 1.29 is 19.1 Å². The van der Waals surface area contributed by atoms with Gasteiger partial charge >= 0.3 is 0 Å². The number of rotatable bonds is 6. The summed E-state index contributed by atoms with van der Waals surface area (Å²) in [4.78, 5) is 27.6. The first-order valence-corrected chi connectivity index (χ1v) is 10.1. The van der Waals surface area contributed by atoms with Gasteiger partial charge in [0.2, 0.25) is 5.91 Å². The minimum atomic E-state index is -0.106. The summed E-state index contributed by atoms with van der Waals surface area (Å²) in [5.74, 6) is 0.199. The van der Waals surface area contributed by atoms with Gasteiger partial charge < -0.3 is 14.8 Å². The minimum absolute atomic E-state index is 0.0816. The van der Waals surface area contributed by atoms with Crippen LogP contribution in [-0.4, -0.2) is 55.7 Å². The number of amides is 1. The van der Waals surface area contributed by atoms with E-state index in [1.165, 1.54) is 0 Å². The number of hydrogen-bond donors (Lipinski definition) is 1. The van der Waals surface area contributed by atoms with Gasteiger partial charge in [-0.15, -0.1) is 0 Å². The molecule has 6 heteroatoms. The average Bonchev–Trinajstić information content (AvgIpc) is 3.30. The fourth-order valence-corrected chi connectivity index (χ4v) is 3.96. The quantitative estimate of drug-likeness (QED) is 0.763. The van der Waals surface area contributed by atoms with Crippen LogP contribution in [0, 0.1) is 5.92 Å². The summed E-state index contributed by atoms with van der Waals surface area (Å²) < 4.78 is 11.2. The predicted octanol–water partition coefficient (Wildman–Crippen LogP) is 2.94. The van der Waals surface area contributed by atoms with E-state index in [2.05, 4.69) is 10.2 Å². The van der Waals surface area contributed by atoms with Crippen LogP contribution in [0.15, 0.2) is 54.6 Å². The lowest BCUT2D eigenvalue weighted by Crippen LogP contribution is -2.41. The molecule has 2 aromatic carbocycles. The Balaban J connectivity index is 1.34. The average molecular weight is 394 g/mol.